The molecule has 0 N–H and O–H groups in total. The molecule has 8 nitrogen and oxygen atoms in total. The van der Waals surface area contributed by atoms with E-state index in [1.165, 1.54) is 2.78 Å². The number of fused-ring (bicyclic) bond motifs is 2. The second-order valence-electron chi connectivity index (χ2n) is 6.03. The summed E-state index contributed by atoms with van der Waals surface area (Å²) in [6, 6.07) is -0.417. The maximum Gasteiger partial charge on any atom is 0.360 e. The largest absolute Gasteiger partial charge is 0.360 e. The Bertz CT molecular complexity index is 980. The van der Waals surface area contributed by atoms with Crippen LogP contribution in [0.3, 0.4) is 0 Å². The highest BCUT2D eigenvalue weighted by Crippen LogP contribution is 2.42. The molecule has 0 saturated carbocycles. The Morgan fingerprint density at radius 3 is 2.64 bits per heavy atom. The lowest BCUT2D eigenvalue weighted by Gasteiger charge is -2.38. The van der Waals surface area contributed by atoms with Crippen molar-refractivity contribution in [3.63, 3.8) is 0 Å². The summed E-state index contributed by atoms with van der Waals surface area (Å²) in [6.45, 7) is 3.69. The van der Waals surface area contributed by atoms with E-state index in [0.717, 1.165) is 6.54 Å². The first-order chi connectivity index (χ1) is 11.8. The summed E-state index contributed by atoms with van der Waals surface area (Å²) in [7, 11) is 1.71. The van der Waals surface area contributed by atoms with Gasteiger partial charge in [-0.15, -0.1) is 0 Å². The van der Waals surface area contributed by atoms with Crippen LogP contribution in [-0.2, 0) is 4.79 Å². The molecule has 0 aliphatic carbocycles. The van der Waals surface area contributed by atoms with Crippen LogP contribution in [0.15, 0.2) is 4.79 Å². The van der Waals surface area contributed by atoms with E-state index in [0.29, 0.717) is 46.3 Å². The molecule has 1 atom stereocenters. The van der Waals surface area contributed by atoms with Crippen molar-refractivity contribution < 1.29 is 4.79 Å². The van der Waals surface area contributed by atoms with Crippen LogP contribution in [0, 0.1) is 6.92 Å². The monoisotopic (exact) mass is 586 g/mol. The fraction of sp³-hybridized carbons (Fsp3) is 0.429. The lowest BCUT2D eigenvalue weighted by atomic mass is 10.1. The van der Waals surface area contributed by atoms with Crippen LogP contribution in [0.25, 0.3) is 11.0 Å². The van der Waals surface area contributed by atoms with Crippen molar-refractivity contribution in [2.75, 3.05) is 36.5 Å². The van der Waals surface area contributed by atoms with Crippen LogP contribution in [0.2, 0.25) is 5.02 Å². The van der Waals surface area contributed by atoms with Crippen LogP contribution in [-0.4, -0.2) is 54.5 Å². The normalized spacial score (nSPS) is 20.8. The molecule has 0 spiro atoms. The van der Waals surface area contributed by atoms with E-state index in [1.807, 2.05) is 27.8 Å². The molecule has 132 valence electrons. The molecular formula is C14H13ClI2N6O2. The van der Waals surface area contributed by atoms with Crippen molar-refractivity contribution in [2.45, 2.75) is 13.0 Å². The zero-order valence-corrected chi connectivity index (χ0v) is 18.4. The van der Waals surface area contributed by atoms with E-state index in [2.05, 4.69) is 35.9 Å². The number of rotatable bonds is 0. The summed E-state index contributed by atoms with van der Waals surface area (Å²) in [4.78, 5) is 37.8. The molecule has 1 unspecified atom stereocenters. The molecule has 1 saturated heterocycles. The Morgan fingerprint density at radius 1 is 1.20 bits per heavy atom. The van der Waals surface area contributed by atoms with Gasteiger partial charge >= 0.3 is 5.69 Å². The highest BCUT2D eigenvalue weighted by Gasteiger charge is 2.40. The lowest BCUT2D eigenvalue weighted by molar-refractivity contribution is -0.120. The van der Waals surface area contributed by atoms with Gasteiger partial charge in [0.15, 0.2) is 5.65 Å². The summed E-state index contributed by atoms with van der Waals surface area (Å²) in [6.07, 6.45) is 0. The number of hydrogen-bond acceptors (Lipinski definition) is 6. The number of halogens is 3. The molecule has 0 radical (unpaired) electrons. The third-order valence-corrected chi connectivity index (χ3v) is 6.79. The molecule has 1 fully saturated rings. The molecule has 2 aromatic heterocycles. The Labute approximate surface area is 176 Å². The number of carbonyl (C=O) groups is 1. The van der Waals surface area contributed by atoms with Gasteiger partial charge in [0, 0.05) is 49.5 Å². The van der Waals surface area contributed by atoms with E-state index in [4.69, 9.17) is 11.6 Å². The number of nitrogens with zero attached hydrogens (tertiary/aromatic N) is 6. The van der Waals surface area contributed by atoms with Gasteiger partial charge in [0.25, 0.3) is 5.91 Å². The maximum absolute atomic E-state index is 13.1. The fourth-order valence-corrected chi connectivity index (χ4v) is 4.66. The minimum Gasteiger partial charge on any atom is -0.341 e. The molecule has 0 aromatic carbocycles. The number of carbonyl (C=O) groups excluding carboxylic acids is 1. The first-order valence-corrected chi connectivity index (χ1v) is 9.86. The fourth-order valence-electron chi connectivity index (χ4n) is 3.35. The van der Waals surface area contributed by atoms with Crippen LogP contribution < -0.4 is 15.5 Å². The van der Waals surface area contributed by atoms with Crippen LogP contribution in [0.4, 0.5) is 11.5 Å². The standard InChI is InChI=1S/C14H13ClI2N6O2/c1-6-9(15)10-8-11(19-14(25)23(17)12(8)18-6)22-4-3-21(16)5-7(22)13(24)20(10)2/h7H,3-5H2,1-2H3. The lowest BCUT2D eigenvalue weighted by Crippen LogP contribution is -2.57. The van der Waals surface area contributed by atoms with Gasteiger partial charge in [-0.25, -0.2) is 15.7 Å². The number of aromatic nitrogens is 3. The number of hydrogen-bond donors (Lipinski definition) is 0. The first kappa shape index (κ1) is 17.7. The van der Waals surface area contributed by atoms with Crippen molar-refractivity contribution >= 4 is 85.8 Å². The highest BCUT2D eigenvalue weighted by atomic mass is 127. The molecule has 4 rings (SSSR count). The zero-order chi connectivity index (χ0) is 18.0. The van der Waals surface area contributed by atoms with E-state index in [-0.39, 0.29) is 5.91 Å². The number of piperazine rings is 1. The average Bonchev–Trinajstić information content (AvgIpc) is 2.66. The average molecular weight is 587 g/mol. The molecular weight excluding hydrogens is 573 g/mol. The molecule has 2 aliphatic heterocycles. The molecule has 2 aromatic rings. The van der Waals surface area contributed by atoms with Crippen LogP contribution >= 0.6 is 57.3 Å². The van der Waals surface area contributed by atoms with Gasteiger partial charge in [0.2, 0.25) is 0 Å². The Hall–Kier alpha value is -0.730. The highest BCUT2D eigenvalue weighted by molar-refractivity contribution is 14.1. The van der Waals surface area contributed by atoms with Gasteiger partial charge in [0.05, 0.1) is 44.7 Å². The molecule has 11 heteroatoms. The van der Waals surface area contributed by atoms with Crippen molar-refractivity contribution in [3.05, 3.63) is 21.2 Å². The molecule has 1 amide bonds. The third kappa shape index (κ3) is 2.55. The number of aryl methyl sites for hydroxylation is 1. The Morgan fingerprint density at radius 2 is 1.92 bits per heavy atom. The minimum absolute atomic E-state index is 0.0689. The van der Waals surface area contributed by atoms with Crippen molar-refractivity contribution in [1.29, 1.82) is 0 Å². The maximum atomic E-state index is 13.1. The molecule has 2 aliphatic rings. The van der Waals surface area contributed by atoms with Gasteiger partial charge in [-0.3, -0.25) is 4.79 Å². The number of pyridine rings is 1. The summed E-state index contributed by atoms with van der Waals surface area (Å²) < 4.78 is 3.44. The zero-order valence-electron chi connectivity index (χ0n) is 13.3. The van der Waals surface area contributed by atoms with E-state index < -0.39 is 11.7 Å². The van der Waals surface area contributed by atoms with Crippen LogP contribution in [0.5, 0.6) is 0 Å². The number of anilines is 2. The van der Waals surface area contributed by atoms with Crippen molar-refractivity contribution in [3.8, 4) is 0 Å². The molecule has 25 heavy (non-hydrogen) atoms. The Kier molecular flexibility index (Phi) is 4.36. The third-order valence-electron chi connectivity index (χ3n) is 4.59. The second-order valence-corrected chi connectivity index (χ2v) is 8.74. The molecule has 4 heterocycles. The minimum atomic E-state index is -0.417. The van der Waals surface area contributed by atoms with E-state index >= 15 is 0 Å². The first-order valence-electron chi connectivity index (χ1n) is 7.55. The van der Waals surface area contributed by atoms with E-state index in [1.54, 1.807) is 18.9 Å². The summed E-state index contributed by atoms with van der Waals surface area (Å²) in [5, 5.41) is 1.05. The summed E-state index contributed by atoms with van der Waals surface area (Å²) >= 11 is 10.6. The number of likely N-dealkylation sites (N-methyl/N-ethyl adjacent to an activating group) is 1. The van der Waals surface area contributed by atoms with Gasteiger partial charge in [0.1, 0.15) is 11.9 Å². The predicted molar refractivity (Wildman–Crippen MR) is 113 cm³/mol. The van der Waals surface area contributed by atoms with Gasteiger partial charge < -0.3 is 9.80 Å². The molecule has 0 bridgehead atoms. The topological polar surface area (TPSA) is 74.6 Å². The van der Waals surface area contributed by atoms with Crippen molar-refractivity contribution in [1.82, 2.24) is 15.9 Å². The van der Waals surface area contributed by atoms with Gasteiger partial charge in [-0.2, -0.15) is 4.98 Å². The van der Waals surface area contributed by atoms with Gasteiger partial charge in [-0.05, 0) is 6.92 Å². The summed E-state index contributed by atoms with van der Waals surface area (Å²) in [5.74, 6) is 0.421. The van der Waals surface area contributed by atoms with Crippen molar-refractivity contribution in [2.24, 2.45) is 0 Å². The van der Waals surface area contributed by atoms with Gasteiger partial charge in [-0.1, -0.05) is 11.6 Å². The van der Waals surface area contributed by atoms with E-state index in [9.17, 15) is 9.59 Å². The number of amides is 1. The summed E-state index contributed by atoms with van der Waals surface area (Å²) in [5.41, 5.74) is 1.21. The second kappa shape index (κ2) is 6.16. The SMILES string of the molecule is Cc1nc2c3c(nc(=O)n2I)N2CCN(I)CC2C(=O)N(C)c3c1Cl. The Balaban J connectivity index is 2.15. The van der Waals surface area contributed by atoms with Crippen LogP contribution in [0.1, 0.15) is 5.69 Å². The predicted octanol–water partition coefficient (Wildman–Crippen LogP) is 1.77. The quantitative estimate of drug-likeness (QED) is 0.346. The smallest absolute Gasteiger partial charge is 0.341 e.